The number of nitrogens with one attached hydrogen (secondary N) is 2. The van der Waals surface area contributed by atoms with Crippen molar-refractivity contribution in [2.45, 2.75) is 37.0 Å². The van der Waals surface area contributed by atoms with E-state index < -0.39 is 0 Å². The minimum atomic E-state index is -0.283. The number of aromatic nitrogens is 2. The number of benzene rings is 1. The van der Waals surface area contributed by atoms with Gasteiger partial charge in [0.1, 0.15) is 12.4 Å². The van der Waals surface area contributed by atoms with Gasteiger partial charge in [-0.05, 0) is 31.0 Å². The Morgan fingerprint density at radius 1 is 1.23 bits per heavy atom. The summed E-state index contributed by atoms with van der Waals surface area (Å²) in [6.07, 6.45) is 2.07. The molecule has 9 nitrogen and oxygen atoms in total. The number of ether oxygens (including phenoxy) is 3. The quantitative estimate of drug-likeness (QED) is 0.721. The highest BCUT2D eigenvalue weighted by molar-refractivity contribution is 7.98. The lowest BCUT2D eigenvalue weighted by atomic mass is 10.2. The van der Waals surface area contributed by atoms with Crippen molar-refractivity contribution < 1.29 is 23.8 Å². The number of fused-ring (bicyclic) bond motifs is 2. The third-order valence-corrected chi connectivity index (χ3v) is 6.30. The summed E-state index contributed by atoms with van der Waals surface area (Å²) in [5.41, 5.74) is 2.34. The molecule has 30 heavy (non-hydrogen) atoms. The summed E-state index contributed by atoms with van der Waals surface area (Å²) in [6.45, 7) is 1.44. The van der Waals surface area contributed by atoms with E-state index >= 15 is 0 Å². The van der Waals surface area contributed by atoms with Crippen LogP contribution >= 0.6 is 11.8 Å². The first-order valence-corrected chi connectivity index (χ1v) is 11.1. The van der Waals surface area contributed by atoms with Gasteiger partial charge in [-0.1, -0.05) is 0 Å². The van der Waals surface area contributed by atoms with E-state index in [1.807, 2.05) is 0 Å². The molecule has 1 atom stereocenters. The first-order chi connectivity index (χ1) is 14.7. The van der Waals surface area contributed by atoms with Crippen LogP contribution in [0, 0.1) is 0 Å². The summed E-state index contributed by atoms with van der Waals surface area (Å²) >= 11 is 1.74. The number of hydrogen-bond acceptors (Lipinski definition) is 7. The Bertz CT molecular complexity index is 986. The van der Waals surface area contributed by atoms with E-state index in [2.05, 4.69) is 15.7 Å². The van der Waals surface area contributed by atoms with E-state index in [0.29, 0.717) is 29.4 Å². The fourth-order valence-corrected chi connectivity index (χ4v) is 4.80. The Hall–Kier alpha value is -2.72. The number of amides is 2. The minimum absolute atomic E-state index is 0.0428. The van der Waals surface area contributed by atoms with Gasteiger partial charge in [0.05, 0.1) is 11.8 Å². The van der Waals surface area contributed by atoms with Gasteiger partial charge in [0.25, 0.3) is 5.91 Å². The highest BCUT2D eigenvalue weighted by atomic mass is 32.2. The Morgan fingerprint density at radius 2 is 2.13 bits per heavy atom. The van der Waals surface area contributed by atoms with Gasteiger partial charge in [0.2, 0.25) is 12.7 Å². The predicted molar refractivity (Wildman–Crippen MR) is 110 cm³/mol. The smallest absolute Gasteiger partial charge is 0.256 e. The summed E-state index contributed by atoms with van der Waals surface area (Å²) in [7, 11) is 0. The number of nitrogens with zero attached hydrogens (tertiary/aromatic N) is 2. The Balaban J connectivity index is 1.30. The van der Waals surface area contributed by atoms with E-state index in [9.17, 15) is 9.59 Å². The molecule has 0 aliphatic carbocycles. The van der Waals surface area contributed by atoms with E-state index in [4.69, 9.17) is 14.2 Å². The molecular formula is C20H22N4O5S. The Morgan fingerprint density at radius 3 is 3.00 bits per heavy atom. The van der Waals surface area contributed by atoms with Crippen molar-refractivity contribution in [1.29, 1.82) is 0 Å². The molecule has 0 unspecified atom stereocenters. The van der Waals surface area contributed by atoms with Gasteiger partial charge in [-0.3, -0.25) is 9.59 Å². The molecule has 158 valence electrons. The van der Waals surface area contributed by atoms with Crippen molar-refractivity contribution in [2.75, 3.05) is 25.3 Å². The zero-order chi connectivity index (χ0) is 20.5. The van der Waals surface area contributed by atoms with Crippen LogP contribution < -0.4 is 20.1 Å². The van der Waals surface area contributed by atoms with Crippen LogP contribution in [0.3, 0.4) is 0 Å². The number of anilines is 1. The van der Waals surface area contributed by atoms with Crippen LogP contribution in [0.25, 0.3) is 0 Å². The molecule has 3 aliphatic heterocycles. The molecule has 1 aromatic carbocycles. The zero-order valence-corrected chi connectivity index (χ0v) is 17.1. The van der Waals surface area contributed by atoms with E-state index in [1.165, 1.54) is 0 Å². The number of carbonyl (C=O) groups excluding carboxylic acids is 2. The molecular weight excluding hydrogens is 408 g/mol. The fourth-order valence-electron chi connectivity index (χ4n) is 3.76. The maximum atomic E-state index is 12.9. The average molecular weight is 430 g/mol. The summed E-state index contributed by atoms with van der Waals surface area (Å²) < 4.78 is 17.8. The zero-order valence-electron chi connectivity index (χ0n) is 16.3. The molecule has 5 rings (SSSR count). The summed E-state index contributed by atoms with van der Waals surface area (Å²) in [4.78, 5) is 25.3. The highest BCUT2D eigenvalue weighted by Gasteiger charge is 2.26. The van der Waals surface area contributed by atoms with Crippen LogP contribution in [0.4, 0.5) is 5.82 Å². The minimum Gasteiger partial charge on any atom is -0.454 e. The van der Waals surface area contributed by atoms with Gasteiger partial charge in [-0.15, -0.1) is 0 Å². The van der Waals surface area contributed by atoms with Crippen molar-refractivity contribution in [2.24, 2.45) is 0 Å². The fraction of sp³-hybridized carbons (Fsp3) is 0.450. The lowest BCUT2D eigenvalue weighted by Crippen LogP contribution is -2.34. The molecule has 0 bridgehead atoms. The third-order valence-electron chi connectivity index (χ3n) is 5.33. The lowest BCUT2D eigenvalue weighted by Gasteiger charge is -2.13. The summed E-state index contributed by atoms with van der Waals surface area (Å²) in [5, 5.41) is 10.4. The maximum absolute atomic E-state index is 12.9. The molecule has 2 amide bonds. The molecule has 0 spiro atoms. The molecule has 1 aromatic heterocycles. The van der Waals surface area contributed by atoms with Crippen LogP contribution in [0.2, 0.25) is 0 Å². The number of thioether (sulfide) groups is 1. The summed E-state index contributed by atoms with van der Waals surface area (Å²) in [5.74, 6) is 2.83. The first kappa shape index (κ1) is 19.3. The normalized spacial score (nSPS) is 19.0. The van der Waals surface area contributed by atoms with Crippen molar-refractivity contribution in [3.05, 3.63) is 35.0 Å². The maximum Gasteiger partial charge on any atom is 0.256 e. The molecule has 1 fully saturated rings. The highest BCUT2D eigenvalue weighted by Crippen LogP contribution is 2.36. The average Bonchev–Trinajstić information content (AvgIpc) is 3.52. The summed E-state index contributed by atoms with van der Waals surface area (Å²) in [6, 6.07) is 5.06. The lowest BCUT2D eigenvalue weighted by molar-refractivity contribution is -0.122. The van der Waals surface area contributed by atoms with Crippen LogP contribution in [0.15, 0.2) is 18.2 Å². The largest absolute Gasteiger partial charge is 0.454 e. The van der Waals surface area contributed by atoms with Gasteiger partial charge in [0.15, 0.2) is 11.5 Å². The third kappa shape index (κ3) is 3.84. The number of rotatable bonds is 6. The number of carbonyl (C=O) groups is 2. The standard InChI is InChI=1S/C20H22N4O5S/c25-18(21-7-13-2-1-5-27-13)8-24-19(14-9-30-10-15(14)23-24)22-20(26)12-3-4-16-17(6-12)29-11-28-16/h3-4,6,13H,1-2,5,7-11H2,(H,21,25)(H,22,26)/t13-/m1/s1. The molecule has 0 saturated carbocycles. The molecule has 3 aliphatic rings. The molecule has 2 aromatic rings. The van der Waals surface area contributed by atoms with Gasteiger partial charge in [-0.2, -0.15) is 16.9 Å². The van der Waals surface area contributed by atoms with E-state index in [-0.39, 0.29) is 31.3 Å². The second kappa shape index (κ2) is 8.19. The molecule has 0 radical (unpaired) electrons. The van der Waals surface area contributed by atoms with Crippen LogP contribution in [-0.2, 0) is 27.6 Å². The van der Waals surface area contributed by atoms with E-state index in [1.54, 1.807) is 34.6 Å². The van der Waals surface area contributed by atoms with Crippen molar-refractivity contribution >= 4 is 29.4 Å². The van der Waals surface area contributed by atoms with Crippen molar-refractivity contribution in [1.82, 2.24) is 15.1 Å². The SMILES string of the molecule is O=C(Cn1nc2c(c1NC(=O)c1ccc3c(c1)OCO3)CSC2)NC[C@H]1CCCO1. The molecule has 4 heterocycles. The monoisotopic (exact) mass is 430 g/mol. The Kier molecular flexibility index (Phi) is 5.26. The molecule has 2 N–H and O–H groups in total. The molecule has 1 saturated heterocycles. The van der Waals surface area contributed by atoms with E-state index in [0.717, 1.165) is 42.2 Å². The second-order valence-electron chi connectivity index (χ2n) is 7.39. The van der Waals surface area contributed by atoms with Crippen LogP contribution in [0.1, 0.15) is 34.5 Å². The van der Waals surface area contributed by atoms with Gasteiger partial charge >= 0.3 is 0 Å². The Labute approximate surface area is 177 Å². The molecule has 10 heteroatoms. The van der Waals surface area contributed by atoms with Crippen LogP contribution in [-0.4, -0.2) is 47.6 Å². The second-order valence-corrected chi connectivity index (χ2v) is 8.37. The van der Waals surface area contributed by atoms with Gasteiger partial charge in [0, 0.05) is 35.8 Å². The van der Waals surface area contributed by atoms with Crippen LogP contribution in [0.5, 0.6) is 11.5 Å². The van der Waals surface area contributed by atoms with Gasteiger partial charge < -0.3 is 24.8 Å². The topological polar surface area (TPSA) is 104 Å². The number of hydrogen-bond donors (Lipinski definition) is 2. The predicted octanol–water partition coefficient (Wildman–Crippen LogP) is 1.91. The first-order valence-electron chi connectivity index (χ1n) is 9.93. The van der Waals surface area contributed by atoms with Gasteiger partial charge in [-0.25, -0.2) is 4.68 Å². The van der Waals surface area contributed by atoms with Crippen molar-refractivity contribution in [3.8, 4) is 11.5 Å². The van der Waals surface area contributed by atoms with Crippen molar-refractivity contribution in [3.63, 3.8) is 0 Å².